The van der Waals surface area contributed by atoms with Crippen LogP contribution in [0.4, 0.5) is 5.95 Å². The van der Waals surface area contributed by atoms with Crippen molar-refractivity contribution in [1.29, 1.82) is 0 Å². The predicted molar refractivity (Wildman–Crippen MR) is 64.9 cm³/mol. The summed E-state index contributed by atoms with van der Waals surface area (Å²) in [5.41, 5.74) is 5.31. The third-order valence-electron chi connectivity index (χ3n) is 2.33. The largest absolute Gasteiger partial charge is 0.497 e. The van der Waals surface area contributed by atoms with Crippen molar-refractivity contribution in [3.05, 3.63) is 36.7 Å². The average molecular weight is 265 g/mol. The molecule has 1 aromatic carbocycles. The van der Waals surface area contributed by atoms with Gasteiger partial charge < -0.3 is 10.5 Å². The van der Waals surface area contributed by atoms with Crippen molar-refractivity contribution in [3.8, 4) is 5.75 Å². The molecule has 0 spiro atoms. The van der Waals surface area contributed by atoms with Crippen molar-refractivity contribution < 1.29 is 13.2 Å². The number of nitrogen functional groups attached to an aromatic ring is 1. The Balaban J connectivity index is 2.44. The summed E-state index contributed by atoms with van der Waals surface area (Å²) in [7, 11) is -2.11. The van der Waals surface area contributed by atoms with Crippen molar-refractivity contribution in [2.24, 2.45) is 0 Å². The molecule has 94 valence electrons. The molecule has 1 heterocycles. The summed E-state index contributed by atoms with van der Waals surface area (Å²) in [6.45, 7) is 0. The van der Waals surface area contributed by atoms with Crippen LogP contribution in [0, 0.1) is 0 Å². The number of benzene rings is 1. The van der Waals surface area contributed by atoms with Crippen LogP contribution >= 0.6 is 0 Å². The number of hydrogen-bond acceptors (Lipinski definition) is 6. The summed E-state index contributed by atoms with van der Waals surface area (Å²) in [6.07, 6.45) is 2.36. The normalized spacial score (nSPS) is 11.2. The van der Waals surface area contributed by atoms with Crippen LogP contribution in [0.25, 0.3) is 0 Å². The van der Waals surface area contributed by atoms with Gasteiger partial charge >= 0.3 is 0 Å². The fourth-order valence-electron chi connectivity index (χ4n) is 1.36. The molecule has 6 nitrogen and oxygen atoms in total. The zero-order valence-corrected chi connectivity index (χ0v) is 10.4. The van der Waals surface area contributed by atoms with Crippen LogP contribution in [0.15, 0.2) is 46.5 Å². The Labute approximate surface area is 104 Å². The summed E-state index contributed by atoms with van der Waals surface area (Å²) in [5.74, 6) is 0.617. The zero-order valence-electron chi connectivity index (χ0n) is 9.57. The Morgan fingerprint density at radius 3 is 2.11 bits per heavy atom. The van der Waals surface area contributed by atoms with Crippen molar-refractivity contribution >= 4 is 15.8 Å². The van der Waals surface area contributed by atoms with Crippen LogP contribution < -0.4 is 10.5 Å². The number of anilines is 1. The first kappa shape index (κ1) is 12.3. The lowest BCUT2D eigenvalue weighted by Crippen LogP contribution is -2.04. The topological polar surface area (TPSA) is 95.2 Å². The Hall–Kier alpha value is -2.15. The number of hydrogen-bond donors (Lipinski definition) is 1. The van der Waals surface area contributed by atoms with E-state index in [4.69, 9.17) is 10.5 Å². The van der Waals surface area contributed by atoms with Gasteiger partial charge in [0.15, 0.2) is 0 Å². The van der Waals surface area contributed by atoms with Crippen molar-refractivity contribution in [1.82, 2.24) is 9.97 Å². The van der Waals surface area contributed by atoms with Crippen molar-refractivity contribution in [3.63, 3.8) is 0 Å². The summed E-state index contributed by atoms with van der Waals surface area (Å²) in [6, 6.07) is 6.07. The van der Waals surface area contributed by atoms with Gasteiger partial charge in [0, 0.05) is 0 Å². The molecule has 2 rings (SSSR count). The molecule has 2 aromatic rings. The van der Waals surface area contributed by atoms with Gasteiger partial charge in [-0.05, 0) is 24.3 Å². The van der Waals surface area contributed by atoms with Gasteiger partial charge in [-0.15, -0.1) is 0 Å². The standard InChI is InChI=1S/C11H11N3O3S/c1-17-8-2-4-9(5-3-8)18(15,16)10-6-13-11(12)14-7-10/h2-7H,1H3,(H2,12,13,14). The fourth-order valence-corrected chi connectivity index (χ4v) is 2.51. The second-order valence-corrected chi connectivity index (χ2v) is 5.41. The first-order valence-corrected chi connectivity index (χ1v) is 6.49. The van der Waals surface area contributed by atoms with Crippen molar-refractivity contribution in [2.75, 3.05) is 12.8 Å². The molecular formula is C11H11N3O3S. The van der Waals surface area contributed by atoms with E-state index in [1.54, 1.807) is 12.1 Å². The Kier molecular flexibility index (Phi) is 3.15. The minimum atomic E-state index is -3.62. The van der Waals surface area contributed by atoms with Gasteiger partial charge in [-0.2, -0.15) is 0 Å². The van der Waals surface area contributed by atoms with Crippen LogP contribution in [0.5, 0.6) is 5.75 Å². The third kappa shape index (κ3) is 2.25. The molecular weight excluding hydrogens is 254 g/mol. The monoisotopic (exact) mass is 265 g/mol. The van der Waals surface area contributed by atoms with E-state index >= 15 is 0 Å². The minimum absolute atomic E-state index is 0.00173. The van der Waals surface area contributed by atoms with Gasteiger partial charge in [0.1, 0.15) is 10.6 Å². The lowest BCUT2D eigenvalue weighted by atomic mass is 10.3. The summed E-state index contributed by atoms with van der Waals surface area (Å²) in [5, 5.41) is 0. The summed E-state index contributed by atoms with van der Waals surface area (Å²) < 4.78 is 29.3. The maximum atomic E-state index is 12.2. The third-order valence-corrected chi connectivity index (χ3v) is 4.05. The van der Waals surface area contributed by atoms with Crippen LogP contribution in [0.3, 0.4) is 0 Å². The van der Waals surface area contributed by atoms with Gasteiger partial charge in [0.05, 0.1) is 24.4 Å². The molecule has 0 radical (unpaired) electrons. The fraction of sp³-hybridized carbons (Fsp3) is 0.0909. The Bertz CT molecular complexity index is 636. The van der Waals surface area contributed by atoms with Gasteiger partial charge in [0.2, 0.25) is 15.8 Å². The molecule has 0 fully saturated rings. The first-order chi connectivity index (χ1) is 8.54. The molecule has 0 unspecified atom stereocenters. The molecule has 0 aliphatic rings. The maximum absolute atomic E-state index is 12.2. The SMILES string of the molecule is COc1ccc(S(=O)(=O)c2cnc(N)nc2)cc1. The number of nitrogens with zero attached hydrogens (tertiary/aromatic N) is 2. The highest BCUT2D eigenvalue weighted by molar-refractivity contribution is 7.91. The van der Waals surface area contributed by atoms with Crippen molar-refractivity contribution in [2.45, 2.75) is 9.79 Å². The number of aromatic nitrogens is 2. The molecule has 7 heteroatoms. The Morgan fingerprint density at radius 1 is 1.06 bits per heavy atom. The van der Waals surface area contributed by atoms with E-state index in [2.05, 4.69) is 9.97 Å². The molecule has 18 heavy (non-hydrogen) atoms. The van der Waals surface area contributed by atoms with Gasteiger partial charge in [-0.25, -0.2) is 18.4 Å². The van der Waals surface area contributed by atoms with E-state index in [1.165, 1.54) is 31.6 Å². The molecule has 0 saturated heterocycles. The second-order valence-electron chi connectivity index (χ2n) is 3.46. The zero-order chi connectivity index (χ0) is 13.2. The maximum Gasteiger partial charge on any atom is 0.219 e. The molecule has 1 aromatic heterocycles. The highest BCUT2D eigenvalue weighted by atomic mass is 32.2. The average Bonchev–Trinajstić information content (AvgIpc) is 2.39. The predicted octanol–water partition coefficient (Wildman–Crippen LogP) is 0.900. The molecule has 0 amide bonds. The lowest BCUT2D eigenvalue weighted by molar-refractivity contribution is 0.414. The van der Waals surface area contributed by atoms with Crippen LogP contribution in [-0.4, -0.2) is 25.5 Å². The molecule has 0 aliphatic carbocycles. The lowest BCUT2D eigenvalue weighted by Gasteiger charge is -2.05. The molecule has 0 saturated carbocycles. The first-order valence-electron chi connectivity index (χ1n) is 5.00. The van der Waals surface area contributed by atoms with E-state index < -0.39 is 9.84 Å². The number of nitrogens with two attached hydrogens (primary N) is 1. The van der Waals surface area contributed by atoms with Gasteiger partial charge in [-0.1, -0.05) is 0 Å². The summed E-state index contributed by atoms with van der Waals surface area (Å²) in [4.78, 5) is 7.49. The minimum Gasteiger partial charge on any atom is -0.497 e. The number of rotatable bonds is 3. The second kappa shape index (κ2) is 4.61. The van der Waals surface area contributed by atoms with E-state index in [0.29, 0.717) is 5.75 Å². The molecule has 0 bridgehead atoms. The van der Waals surface area contributed by atoms with E-state index in [9.17, 15) is 8.42 Å². The number of sulfone groups is 1. The Morgan fingerprint density at radius 2 is 1.61 bits per heavy atom. The quantitative estimate of drug-likeness (QED) is 0.885. The van der Waals surface area contributed by atoms with Gasteiger partial charge in [0.25, 0.3) is 0 Å². The smallest absolute Gasteiger partial charge is 0.219 e. The number of methoxy groups -OCH3 is 1. The van der Waals surface area contributed by atoms with Crippen LogP contribution in [0.1, 0.15) is 0 Å². The molecule has 2 N–H and O–H groups in total. The van der Waals surface area contributed by atoms with E-state index in [1.807, 2.05) is 0 Å². The molecule has 0 atom stereocenters. The summed E-state index contributed by atoms with van der Waals surface area (Å²) >= 11 is 0. The highest BCUT2D eigenvalue weighted by Gasteiger charge is 2.18. The van der Waals surface area contributed by atoms with Crippen LogP contribution in [0.2, 0.25) is 0 Å². The number of ether oxygens (including phenoxy) is 1. The highest BCUT2D eigenvalue weighted by Crippen LogP contribution is 2.22. The van der Waals surface area contributed by atoms with Gasteiger partial charge in [-0.3, -0.25) is 0 Å². The van der Waals surface area contributed by atoms with Crippen LogP contribution in [-0.2, 0) is 9.84 Å². The molecule has 0 aliphatic heterocycles. The van der Waals surface area contributed by atoms with E-state index in [-0.39, 0.29) is 15.7 Å². The van der Waals surface area contributed by atoms with E-state index in [0.717, 1.165) is 0 Å².